The lowest BCUT2D eigenvalue weighted by atomic mass is 9.87. The third kappa shape index (κ3) is 5.83. The molecule has 0 fully saturated rings. The van der Waals surface area contributed by atoms with Crippen LogP contribution >= 0.6 is 0 Å². The molecular formula is C32H26O7. The summed E-state index contributed by atoms with van der Waals surface area (Å²) in [5.74, 6) is -0.950. The second-order valence-electron chi connectivity index (χ2n) is 9.56. The van der Waals surface area contributed by atoms with Crippen LogP contribution in [0.25, 0.3) is 23.1 Å². The van der Waals surface area contributed by atoms with Crippen molar-refractivity contribution in [2.45, 2.75) is 31.7 Å². The third-order valence-corrected chi connectivity index (χ3v) is 6.31. The highest BCUT2D eigenvalue weighted by Gasteiger charge is 2.49. The molecule has 7 nitrogen and oxygen atoms in total. The molecule has 0 saturated heterocycles. The Morgan fingerprint density at radius 1 is 0.769 bits per heavy atom. The standard InChI is InChI=1S/C32H26O7/c1-32(2)31(38-27(35)19-14-22-11-7-4-8-12-22)30(37-25(33)18-13-21-9-5-3-6-10-21)28-24(39-32)17-15-23-16-20-26(34)36-29(23)28/h3-20,30-31H,1-2H3/b18-13+,19-14+. The average molecular weight is 523 g/mol. The minimum Gasteiger partial charge on any atom is -0.483 e. The molecule has 0 N–H and O–H groups in total. The molecule has 4 aromatic rings. The maximum absolute atomic E-state index is 13.1. The SMILES string of the molecule is CC1(C)Oc2ccc3ccc(=O)oc3c2C(OC(=O)/C=C/c2ccccc2)C1OC(=O)/C=C/c1ccccc1. The molecule has 0 aliphatic carbocycles. The van der Waals surface area contributed by atoms with Crippen LogP contribution in [0.5, 0.6) is 5.75 Å². The zero-order valence-corrected chi connectivity index (χ0v) is 21.4. The first-order valence-electron chi connectivity index (χ1n) is 12.4. The molecule has 2 unspecified atom stereocenters. The maximum Gasteiger partial charge on any atom is 0.336 e. The van der Waals surface area contributed by atoms with Gasteiger partial charge in [-0.2, -0.15) is 0 Å². The van der Waals surface area contributed by atoms with Crippen LogP contribution in [0, 0.1) is 0 Å². The van der Waals surface area contributed by atoms with Gasteiger partial charge in [-0.3, -0.25) is 0 Å². The maximum atomic E-state index is 13.1. The number of ether oxygens (including phenoxy) is 3. The van der Waals surface area contributed by atoms with Gasteiger partial charge in [0, 0.05) is 23.6 Å². The Morgan fingerprint density at radius 2 is 1.33 bits per heavy atom. The van der Waals surface area contributed by atoms with Crippen LogP contribution in [-0.4, -0.2) is 23.6 Å². The summed E-state index contributed by atoms with van der Waals surface area (Å²) < 4.78 is 23.5. The molecule has 1 aromatic heterocycles. The fourth-order valence-corrected chi connectivity index (χ4v) is 4.46. The van der Waals surface area contributed by atoms with Gasteiger partial charge in [-0.05, 0) is 55.3 Å². The third-order valence-electron chi connectivity index (χ3n) is 6.31. The van der Waals surface area contributed by atoms with E-state index in [0.717, 1.165) is 11.1 Å². The highest BCUT2D eigenvalue weighted by molar-refractivity contribution is 5.89. The number of esters is 2. The molecule has 3 aromatic carbocycles. The predicted octanol–water partition coefficient (Wildman–Crippen LogP) is 5.89. The fourth-order valence-electron chi connectivity index (χ4n) is 4.46. The van der Waals surface area contributed by atoms with E-state index in [1.54, 1.807) is 44.2 Å². The van der Waals surface area contributed by atoms with Crippen LogP contribution in [0.2, 0.25) is 0 Å². The van der Waals surface area contributed by atoms with Crippen LogP contribution < -0.4 is 10.4 Å². The summed E-state index contributed by atoms with van der Waals surface area (Å²) in [4.78, 5) is 38.1. The van der Waals surface area contributed by atoms with Crippen molar-refractivity contribution in [3.63, 3.8) is 0 Å². The molecule has 0 bridgehead atoms. The number of carbonyl (C=O) groups excluding carboxylic acids is 2. The Labute approximate surface area is 224 Å². The van der Waals surface area contributed by atoms with Gasteiger partial charge in [-0.15, -0.1) is 0 Å². The molecule has 1 aliphatic heterocycles. The van der Waals surface area contributed by atoms with Gasteiger partial charge in [-0.1, -0.05) is 60.7 Å². The van der Waals surface area contributed by atoms with E-state index in [0.29, 0.717) is 16.7 Å². The fraction of sp³-hybridized carbons (Fsp3) is 0.156. The molecule has 0 saturated carbocycles. The van der Waals surface area contributed by atoms with Crippen molar-refractivity contribution in [3.8, 4) is 5.75 Å². The summed E-state index contributed by atoms with van der Waals surface area (Å²) in [5.41, 5.74) is 0.472. The predicted molar refractivity (Wildman–Crippen MR) is 147 cm³/mol. The lowest BCUT2D eigenvalue weighted by Crippen LogP contribution is -2.52. The smallest absolute Gasteiger partial charge is 0.336 e. The summed E-state index contributed by atoms with van der Waals surface area (Å²) in [6.45, 7) is 3.47. The molecule has 39 heavy (non-hydrogen) atoms. The van der Waals surface area contributed by atoms with Gasteiger partial charge in [-0.25, -0.2) is 14.4 Å². The lowest BCUT2D eigenvalue weighted by molar-refractivity contribution is -0.184. The van der Waals surface area contributed by atoms with Crippen molar-refractivity contribution >= 4 is 35.1 Å². The molecule has 0 amide bonds. The van der Waals surface area contributed by atoms with E-state index in [4.69, 9.17) is 18.6 Å². The van der Waals surface area contributed by atoms with Gasteiger partial charge in [0.15, 0.2) is 12.2 Å². The molecule has 0 spiro atoms. The molecule has 196 valence electrons. The zero-order valence-electron chi connectivity index (χ0n) is 21.4. The number of hydrogen-bond acceptors (Lipinski definition) is 7. The quantitative estimate of drug-likeness (QED) is 0.177. The van der Waals surface area contributed by atoms with E-state index in [2.05, 4.69) is 0 Å². The number of benzene rings is 3. The topological polar surface area (TPSA) is 92.0 Å². The first-order chi connectivity index (χ1) is 18.8. The van der Waals surface area contributed by atoms with Gasteiger partial charge in [0.1, 0.15) is 16.9 Å². The Hall–Kier alpha value is -4.91. The molecule has 7 heteroatoms. The first-order valence-corrected chi connectivity index (χ1v) is 12.4. The molecule has 1 aliphatic rings. The van der Waals surface area contributed by atoms with Gasteiger partial charge in [0.25, 0.3) is 0 Å². The van der Waals surface area contributed by atoms with Crippen LogP contribution in [0.4, 0.5) is 0 Å². The van der Waals surface area contributed by atoms with Gasteiger partial charge < -0.3 is 18.6 Å². The monoisotopic (exact) mass is 522 g/mol. The summed E-state index contributed by atoms with van der Waals surface area (Å²) in [5, 5.41) is 0.603. The van der Waals surface area contributed by atoms with E-state index < -0.39 is 35.4 Å². The van der Waals surface area contributed by atoms with E-state index >= 15 is 0 Å². The Bertz CT molecular complexity index is 1620. The average Bonchev–Trinajstić information content (AvgIpc) is 2.93. The highest BCUT2D eigenvalue weighted by atomic mass is 16.6. The molecule has 5 rings (SSSR count). The van der Waals surface area contributed by atoms with E-state index in [-0.39, 0.29) is 5.58 Å². The van der Waals surface area contributed by atoms with Gasteiger partial charge in [0.2, 0.25) is 0 Å². The summed E-state index contributed by atoms with van der Waals surface area (Å²) in [6, 6.07) is 25.0. The Kier molecular flexibility index (Phi) is 7.14. The second-order valence-corrected chi connectivity index (χ2v) is 9.56. The normalized spacial score (nSPS) is 18.0. The number of fused-ring (bicyclic) bond motifs is 3. The Morgan fingerprint density at radius 3 is 1.95 bits per heavy atom. The molecule has 0 radical (unpaired) electrons. The largest absolute Gasteiger partial charge is 0.483 e. The van der Waals surface area contributed by atoms with E-state index in [1.807, 2.05) is 60.7 Å². The molecule has 2 atom stereocenters. The summed E-state index contributed by atoms with van der Waals surface area (Å²) in [6.07, 6.45) is 3.67. The second kappa shape index (κ2) is 10.8. The van der Waals surface area contributed by atoms with Gasteiger partial charge >= 0.3 is 17.6 Å². The van der Waals surface area contributed by atoms with Crippen LogP contribution in [-0.2, 0) is 19.1 Å². The number of rotatable bonds is 6. The van der Waals surface area contributed by atoms with E-state index in [1.165, 1.54) is 18.2 Å². The van der Waals surface area contributed by atoms with Crippen LogP contribution in [0.3, 0.4) is 0 Å². The number of carbonyl (C=O) groups is 2. The minimum absolute atomic E-state index is 0.196. The first kappa shape index (κ1) is 25.7. The summed E-state index contributed by atoms with van der Waals surface area (Å²) >= 11 is 0. The molecule has 2 heterocycles. The molecular weight excluding hydrogens is 496 g/mol. The minimum atomic E-state index is -1.13. The Balaban J connectivity index is 1.53. The summed E-state index contributed by atoms with van der Waals surface area (Å²) in [7, 11) is 0. The highest BCUT2D eigenvalue weighted by Crippen LogP contribution is 2.46. The van der Waals surface area contributed by atoms with Crippen LogP contribution in [0.15, 0.2) is 106 Å². The van der Waals surface area contributed by atoms with Crippen molar-refractivity contribution in [1.29, 1.82) is 0 Å². The van der Waals surface area contributed by atoms with E-state index in [9.17, 15) is 14.4 Å². The van der Waals surface area contributed by atoms with Crippen LogP contribution in [0.1, 0.15) is 36.6 Å². The van der Waals surface area contributed by atoms with Crippen molar-refractivity contribution in [2.75, 3.05) is 0 Å². The van der Waals surface area contributed by atoms with Crippen molar-refractivity contribution in [2.24, 2.45) is 0 Å². The number of hydrogen-bond donors (Lipinski definition) is 0. The van der Waals surface area contributed by atoms with Gasteiger partial charge in [0.05, 0.1) is 5.56 Å². The zero-order chi connectivity index (χ0) is 27.4. The lowest BCUT2D eigenvalue weighted by Gasteiger charge is -2.43. The van der Waals surface area contributed by atoms with Crippen molar-refractivity contribution < 1.29 is 28.2 Å². The van der Waals surface area contributed by atoms with Crippen molar-refractivity contribution in [1.82, 2.24) is 0 Å². The van der Waals surface area contributed by atoms with Crippen molar-refractivity contribution in [3.05, 3.63) is 124 Å².